The lowest BCUT2D eigenvalue weighted by Crippen LogP contribution is -2.43. The number of aromatic amines is 1. The van der Waals surface area contributed by atoms with Crippen LogP contribution in [0.5, 0.6) is 0 Å². The SMILES string of the molecule is CO[C@H]1CNCC1NC(=O)c1n[nH]c(C2CC2)n1. The van der Waals surface area contributed by atoms with Gasteiger partial charge in [-0.25, -0.2) is 4.98 Å². The number of aromatic nitrogens is 3. The van der Waals surface area contributed by atoms with Crippen molar-refractivity contribution in [2.45, 2.75) is 30.9 Å². The number of rotatable bonds is 4. The van der Waals surface area contributed by atoms with Gasteiger partial charge < -0.3 is 15.4 Å². The Morgan fingerprint density at radius 1 is 1.44 bits per heavy atom. The fraction of sp³-hybridized carbons (Fsp3) is 0.727. The molecule has 0 aromatic carbocycles. The molecule has 7 heteroatoms. The maximum Gasteiger partial charge on any atom is 0.291 e. The van der Waals surface area contributed by atoms with Gasteiger partial charge >= 0.3 is 0 Å². The molecule has 2 aliphatic rings. The van der Waals surface area contributed by atoms with Gasteiger partial charge in [0.1, 0.15) is 5.82 Å². The lowest BCUT2D eigenvalue weighted by Gasteiger charge is -2.17. The number of methoxy groups -OCH3 is 1. The molecule has 1 saturated carbocycles. The van der Waals surface area contributed by atoms with Gasteiger partial charge in [0.05, 0.1) is 12.1 Å². The molecule has 1 unspecified atom stereocenters. The van der Waals surface area contributed by atoms with E-state index in [0.717, 1.165) is 25.2 Å². The number of carbonyl (C=O) groups excluding carboxylic acids is 1. The van der Waals surface area contributed by atoms with Gasteiger partial charge in [-0.1, -0.05) is 0 Å². The lowest BCUT2D eigenvalue weighted by molar-refractivity contribution is 0.0772. The molecule has 1 aromatic heterocycles. The van der Waals surface area contributed by atoms with Gasteiger partial charge in [-0.2, -0.15) is 0 Å². The van der Waals surface area contributed by atoms with E-state index < -0.39 is 0 Å². The van der Waals surface area contributed by atoms with Crippen LogP contribution in [0.15, 0.2) is 0 Å². The molecule has 3 N–H and O–H groups in total. The van der Waals surface area contributed by atoms with E-state index >= 15 is 0 Å². The molecule has 1 aliphatic carbocycles. The third-order valence-electron chi connectivity index (χ3n) is 3.45. The molecule has 7 nitrogen and oxygen atoms in total. The molecule has 1 aliphatic heterocycles. The first-order valence-corrected chi connectivity index (χ1v) is 6.24. The molecule has 0 spiro atoms. The summed E-state index contributed by atoms with van der Waals surface area (Å²) in [6.45, 7) is 1.47. The van der Waals surface area contributed by atoms with Crippen LogP contribution in [-0.2, 0) is 4.74 Å². The van der Waals surface area contributed by atoms with Gasteiger partial charge in [0.25, 0.3) is 5.91 Å². The first-order valence-electron chi connectivity index (χ1n) is 6.24. The van der Waals surface area contributed by atoms with Crippen LogP contribution < -0.4 is 10.6 Å². The number of hydrogen-bond acceptors (Lipinski definition) is 5. The van der Waals surface area contributed by atoms with Crippen molar-refractivity contribution < 1.29 is 9.53 Å². The van der Waals surface area contributed by atoms with E-state index in [1.165, 1.54) is 0 Å². The highest BCUT2D eigenvalue weighted by atomic mass is 16.5. The lowest BCUT2D eigenvalue weighted by atomic mass is 10.2. The van der Waals surface area contributed by atoms with Gasteiger partial charge in [0.2, 0.25) is 5.82 Å². The van der Waals surface area contributed by atoms with E-state index in [4.69, 9.17) is 4.74 Å². The van der Waals surface area contributed by atoms with Crippen LogP contribution in [0.4, 0.5) is 0 Å². The topological polar surface area (TPSA) is 91.9 Å². The van der Waals surface area contributed by atoms with E-state index in [9.17, 15) is 4.79 Å². The number of nitrogens with zero attached hydrogens (tertiary/aromatic N) is 2. The summed E-state index contributed by atoms with van der Waals surface area (Å²) >= 11 is 0. The van der Waals surface area contributed by atoms with Gasteiger partial charge in [-0.3, -0.25) is 9.89 Å². The standard InChI is InChI=1S/C11H17N5O2/c1-18-8-5-12-4-7(8)13-11(17)10-14-9(15-16-10)6-2-3-6/h6-8,12H,2-5H2,1H3,(H,13,17)(H,14,15,16)/t7?,8-/m0/s1. The minimum Gasteiger partial charge on any atom is -0.378 e. The highest BCUT2D eigenvalue weighted by Gasteiger charge is 2.31. The van der Waals surface area contributed by atoms with Crippen LogP contribution in [0, 0.1) is 0 Å². The Hall–Kier alpha value is -1.47. The summed E-state index contributed by atoms with van der Waals surface area (Å²) in [5, 5.41) is 12.9. The Bertz CT molecular complexity index is 442. The number of hydrogen-bond donors (Lipinski definition) is 3. The third-order valence-corrected chi connectivity index (χ3v) is 3.45. The maximum atomic E-state index is 12.0. The first kappa shape index (κ1) is 11.6. The average molecular weight is 251 g/mol. The number of amides is 1. The molecule has 1 saturated heterocycles. The van der Waals surface area contributed by atoms with Crippen molar-refractivity contribution in [3.63, 3.8) is 0 Å². The second kappa shape index (κ2) is 4.66. The monoisotopic (exact) mass is 251 g/mol. The third kappa shape index (κ3) is 2.23. The number of ether oxygens (including phenoxy) is 1. The summed E-state index contributed by atoms with van der Waals surface area (Å²) in [5.74, 6) is 1.28. The fourth-order valence-electron chi connectivity index (χ4n) is 2.19. The quantitative estimate of drug-likeness (QED) is 0.664. The molecule has 18 heavy (non-hydrogen) atoms. The molecule has 2 atom stereocenters. The Morgan fingerprint density at radius 3 is 3.00 bits per heavy atom. The average Bonchev–Trinajstić information content (AvgIpc) is 2.93. The number of carbonyl (C=O) groups is 1. The van der Waals surface area contributed by atoms with Crippen molar-refractivity contribution in [3.05, 3.63) is 11.6 Å². The zero-order chi connectivity index (χ0) is 12.5. The summed E-state index contributed by atoms with van der Waals surface area (Å²) in [6.07, 6.45) is 2.28. The number of nitrogens with one attached hydrogen (secondary N) is 3. The molecule has 2 fully saturated rings. The van der Waals surface area contributed by atoms with Crippen LogP contribution in [0.2, 0.25) is 0 Å². The molecule has 0 radical (unpaired) electrons. The second-order valence-electron chi connectivity index (χ2n) is 4.83. The molecule has 0 bridgehead atoms. The van der Waals surface area contributed by atoms with Crippen LogP contribution in [-0.4, -0.2) is 53.4 Å². The Kier molecular flexibility index (Phi) is 3.00. The smallest absolute Gasteiger partial charge is 0.291 e. The molecule has 2 heterocycles. The minimum atomic E-state index is -0.242. The van der Waals surface area contributed by atoms with Crippen LogP contribution >= 0.6 is 0 Å². The second-order valence-corrected chi connectivity index (χ2v) is 4.83. The summed E-state index contributed by atoms with van der Waals surface area (Å²) in [7, 11) is 1.65. The Balaban J connectivity index is 1.62. The molecule has 98 valence electrons. The summed E-state index contributed by atoms with van der Waals surface area (Å²) in [5.41, 5.74) is 0. The highest BCUT2D eigenvalue weighted by molar-refractivity contribution is 5.90. The van der Waals surface area contributed by atoms with Gasteiger partial charge in [0, 0.05) is 26.1 Å². The largest absolute Gasteiger partial charge is 0.378 e. The summed E-state index contributed by atoms with van der Waals surface area (Å²) < 4.78 is 5.29. The van der Waals surface area contributed by atoms with Crippen molar-refractivity contribution in [3.8, 4) is 0 Å². The highest BCUT2D eigenvalue weighted by Crippen LogP contribution is 2.37. The summed E-state index contributed by atoms with van der Waals surface area (Å²) in [6, 6.07) is -0.0228. The molecular formula is C11H17N5O2. The van der Waals surface area contributed by atoms with E-state index in [2.05, 4.69) is 25.8 Å². The Morgan fingerprint density at radius 2 is 2.28 bits per heavy atom. The maximum absolute atomic E-state index is 12.0. The minimum absolute atomic E-state index is 0.00999. The van der Waals surface area contributed by atoms with Crippen LogP contribution in [0.25, 0.3) is 0 Å². The van der Waals surface area contributed by atoms with Gasteiger partial charge in [0.15, 0.2) is 0 Å². The molecule has 1 aromatic rings. The normalized spacial score (nSPS) is 27.4. The van der Waals surface area contributed by atoms with E-state index in [1.807, 2.05) is 0 Å². The van der Waals surface area contributed by atoms with E-state index in [1.54, 1.807) is 7.11 Å². The zero-order valence-corrected chi connectivity index (χ0v) is 10.3. The summed E-state index contributed by atoms with van der Waals surface area (Å²) in [4.78, 5) is 16.2. The zero-order valence-electron chi connectivity index (χ0n) is 10.3. The van der Waals surface area contributed by atoms with E-state index in [-0.39, 0.29) is 23.9 Å². The van der Waals surface area contributed by atoms with Crippen molar-refractivity contribution in [2.24, 2.45) is 0 Å². The van der Waals surface area contributed by atoms with Crippen LogP contribution in [0.1, 0.15) is 35.2 Å². The first-order chi connectivity index (χ1) is 8.78. The Labute approximate surface area is 105 Å². The van der Waals surface area contributed by atoms with Gasteiger partial charge in [-0.05, 0) is 12.8 Å². The molecule has 1 amide bonds. The van der Waals surface area contributed by atoms with Crippen LogP contribution in [0.3, 0.4) is 0 Å². The van der Waals surface area contributed by atoms with Crippen molar-refractivity contribution in [2.75, 3.05) is 20.2 Å². The predicted octanol–water partition coefficient (Wildman–Crippen LogP) is -0.601. The van der Waals surface area contributed by atoms with Crippen molar-refractivity contribution in [1.82, 2.24) is 25.8 Å². The van der Waals surface area contributed by atoms with Crippen molar-refractivity contribution in [1.29, 1.82) is 0 Å². The number of H-pyrrole nitrogens is 1. The molecular weight excluding hydrogens is 234 g/mol. The predicted molar refractivity (Wildman–Crippen MR) is 63.3 cm³/mol. The van der Waals surface area contributed by atoms with Gasteiger partial charge in [-0.15, -0.1) is 5.10 Å². The fourth-order valence-corrected chi connectivity index (χ4v) is 2.19. The van der Waals surface area contributed by atoms with E-state index in [0.29, 0.717) is 12.5 Å². The molecule has 3 rings (SSSR count). The van der Waals surface area contributed by atoms with Crippen molar-refractivity contribution >= 4 is 5.91 Å².